The van der Waals surface area contributed by atoms with Crippen molar-refractivity contribution in [3.63, 3.8) is 0 Å². The molecule has 0 saturated heterocycles. The van der Waals surface area contributed by atoms with Gasteiger partial charge in [-0.05, 0) is 57.2 Å². The molecule has 0 fully saturated rings. The maximum Gasteiger partial charge on any atom is 0.130 e. The fourth-order valence-corrected chi connectivity index (χ4v) is 1.88. The first kappa shape index (κ1) is 15.8. The summed E-state index contributed by atoms with van der Waals surface area (Å²) < 4.78 is 5.71. The molecule has 1 N–H and O–H groups in total. The summed E-state index contributed by atoms with van der Waals surface area (Å²) in [6, 6.07) is 13.3. The molecule has 4 heteroatoms. The number of rotatable bonds is 5. The van der Waals surface area contributed by atoms with E-state index >= 15 is 0 Å². The van der Waals surface area contributed by atoms with Gasteiger partial charge in [0.05, 0.1) is 11.4 Å². The van der Waals surface area contributed by atoms with E-state index in [1.165, 1.54) is 0 Å². The summed E-state index contributed by atoms with van der Waals surface area (Å²) in [5.74, 6) is 0.791. The van der Waals surface area contributed by atoms with E-state index in [2.05, 4.69) is 31.1 Å². The van der Waals surface area contributed by atoms with Gasteiger partial charge in [-0.3, -0.25) is 4.98 Å². The Morgan fingerprint density at radius 2 is 1.71 bits per heavy atom. The average molecular weight is 305 g/mol. The van der Waals surface area contributed by atoms with Crippen LogP contribution in [0.1, 0.15) is 32.2 Å². The zero-order valence-electron chi connectivity index (χ0n) is 12.7. The van der Waals surface area contributed by atoms with Gasteiger partial charge in [-0.1, -0.05) is 17.7 Å². The Kier molecular flexibility index (Phi) is 5.21. The Labute approximate surface area is 131 Å². The SMILES string of the molecule is CC(C)(C)NCc1cccc(COc2ccc(Cl)cc2)n1. The van der Waals surface area contributed by atoms with E-state index in [1.807, 2.05) is 42.5 Å². The van der Waals surface area contributed by atoms with Crippen LogP contribution < -0.4 is 10.1 Å². The number of nitrogens with zero attached hydrogens (tertiary/aromatic N) is 1. The molecule has 112 valence electrons. The highest BCUT2D eigenvalue weighted by Gasteiger charge is 2.09. The first-order valence-corrected chi connectivity index (χ1v) is 7.38. The predicted molar refractivity (Wildman–Crippen MR) is 86.6 cm³/mol. The molecule has 0 spiro atoms. The van der Waals surface area contributed by atoms with Crippen LogP contribution in [-0.2, 0) is 13.2 Å². The molecular formula is C17H21ClN2O. The van der Waals surface area contributed by atoms with Crippen molar-refractivity contribution in [2.24, 2.45) is 0 Å². The molecule has 21 heavy (non-hydrogen) atoms. The molecular weight excluding hydrogens is 284 g/mol. The van der Waals surface area contributed by atoms with E-state index in [1.54, 1.807) is 0 Å². The third-order valence-corrected chi connectivity index (χ3v) is 3.12. The Morgan fingerprint density at radius 1 is 1.05 bits per heavy atom. The minimum absolute atomic E-state index is 0.0808. The van der Waals surface area contributed by atoms with Gasteiger partial charge in [-0.25, -0.2) is 0 Å². The minimum Gasteiger partial charge on any atom is -0.487 e. The molecule has 0 unspecified atom stereocenters. The predicted octanol–water partition coefficient (Wildman–Crippen LogP) is 4.20. The Hall–Kier alpha value is -1.58. The summed E-state index contributed by atoms with van der Waals surface area (Å²) in [4.78, 5) is 4.59. The molecule has 0 aliphatic rings. The Morgan fingerprint density at radius 3 is 2.38 bits per heavy atom. The van der Waals surface area contributed by atoms with E-state index < -0.39 is 0 Å². The quantitative estimate of drug-likeness (QED) is 0.899. The van der Waals surface area contributed by atoms with E-state index in [0.29, 0.717) is 11.6 Å². The van der Waals surface area contributed by atoms with Crippen LogP contribution in [-0.4, -0.2) is 10.5 Å². The monoisotopic (exact) mass is 304 g/mol. The summed E-state index contributed by atoms with van der Waals surface area (Å²) in [7, 11) is 0. The van der Waals surface area contributed by atoms with Crippen LogP contribution in [0, 0.1) is 0 Å². The van der Waals surface area contributed by atoms with Gasteiger partial charge in [0.1, 0.15) is 12.4 Å². The fourth-order valence-electron chi connectivity index (χ4n) is 1.75. The lowest BCUT2D eigenvalue weighted by molar-refractivity contribution is 0.300. The highest BCUT2D eigenvalue weighted by Crippen LogP contribution is 2.16. The topological polar surface area (TPSA) is 34.1 Å². The van der Waals surface area contributed by atoms with E-state index in [-0.39, 0.29) is 5.54 Å². The highest BCUT2D eigenvalue weighted by atomic mass is 35.5. The number of halogens is 1. The van der Waals surface area contributed by atoms with Gasteiger partial charge in [-0.15, -0.1) is 0 Å². The molecule has 2 aromatic rings. The van der Waals surface area contributed by atoms with Gasteiger partial charge < -0.3 is 10.1 Å². The van der Waals surface area contributed by atoms with Crippen LogP contribution in [0.4, 0.5) is 0 Å². The number of hydrogen-bond donors (Lipinski definition) is 1. The third kappa shape index (κ3) is 5.74. The summed E-state index contributed by atoms with van der Waals surface area (Å²) in [6.45, 7) is 7.62. The van der Waals surface area contributed by atoms with Gasteiger partial charge in [0.25, 0.3) is 0 Å². The molecule has 1 aromatic heterocycles. The van der Waals surface area contributed by atoms with Crippen molar-refractivity contribution in [3.05, 3.63) is 58.9 Å². The molecule has 0 aliphatic carbocycles. The van der Waals surface area contributed by atoms with Crippen molar-refractivity contribution in [2.75, 3.05) is 0 Å². The second-order valence-corrected chi connectivity index (χ2v) is 6.40. The Balaban J connectivity index is 1.93. The van der Waals surface area contributed by atoms with Crippen LogP contribution >= 0.6 is 11.6 Å². The number of pyridine rings is 1. The van der Waals surface area contributed by atoms with E-state index in [4.69, 9.17) is 16.3 Å². The first-order valence-electron chi connectivity index (χ1n) is 7.01. The molecule has 0 radical (unpaired) electrons. The smallest absolute Gasteiger partial charge is 0.130 e. The molecule has 0 atom stereocenters. The lowest BCUT2D eigenvalue weighted by Crippen LogP contribution is -2.35. The van der Waals surface area contributed by atoms with Crippen LogP contribution in [0.25, 0.3) is 0 Å². The standard InChI is InChI=1S/C17H21ClN2O/c1-17(2,3)19-11-14-5-4-6-15(20-14)12-21-16-9-7-13(18)8-10-16/h4-10,19H,11-12H2,1-3H3. The van der Waals surface area contributed by atoms with Crippen molar-refractivity contribution < 1.29 is 4.74 Å². The van der Waals surface area contributed by atoms with Crippen molar-refractivity contribution in [1.29, 1.82) is 0 Å². The van der Waals surface area contributed by atoms with Crippen molar-refractivity contribution in [1.82, 2.24) is 10.3 Å². The van der Waals surface area contributed by atoms with Gasteiger partial charge in [0.2, 0.25) is 0 Å². The summed E-state index contributed by atoms with van der Waals surface area (Å²) in [6.07, 6.45) is 0. The number of nitrogens with one attached hydrogen (secondary N) is 1. The van der Waals surface area contributed by atoms with Gasteiger partial charge >= 0.3 is 0 Å². The molecule has 3 nitrogen and oxygen atoms in total. The molecule has 1 aromatic carbocycles. The minimum atomic E-state index is 0.0808. The van der Waals surface area contributed by atoms with Crippen molar-refractivity contribution in [3.8, 4) is 5.75 Å². The number of aromatic nitrogens is 1. The molecule has 1 heterocycles. The second kappa shape index (κ2) is 6.92. The first-order chi connectivity index (χ1) is 9.92. The van der Waals surface area contributed by atoms with Crippen LogP contribution in [0.15, 0.2) is 42.5 Å². The zero-order chi connectivity index (χ0) is 15.3. The lowest BCUT2D eigenvalue weighted by Gasteiger charge is -2.20. The van der Waals surface area contributed by atoms with Crippen molar-refractivity contribution >= 4 is 11.6 Å². The molecule has 0 bridgehead atoms. The third-order valence-electron chi connectivity index (χ3n) is 2.86. The number of ether oxygens (including phenoxy) is 1. The summed E-state index contributed by atoms with van der Waals surface area (Å²) in [5.41, 5.74) is 2.01. The van der Waals surface area contributed by atoms with Crippen molar-refractivity contribution in [2.45, 2.75) is 39.5 Å². The van der Waals surface area contributed by atoms with E-state index in [9.17, 15) is 0 Å². The molecule has 0 amide bonds. The van der Waals surface area contributed by atoms with E-state index in [0.717, 1.165) is 23.7 Å². The average Bonchev–Trinajstić information content (AvgIpc) is 2.44. The summed E-state index contributed by atoms with van der Waals surface area (Å²) in [5, 5.41) is 4.13. The zero-order valence-corrected chi connectivity index (χ0v) is 13.4. The Bertz CT molecular complexity index is 576. The molecule has 0 saturated carbocycles. The largest absolute Gasteiger partial charge is 0.487 e. The lowest BCUT2D eigenvalue weighted by atomic mass is 10.1. The van der Waals surface area contributed by atoms with Crippen LogP contribution in [0.5, 0.6) is 5.75 Å². The van der Waals surface area contributed by atoms with Crippen LogP contribution in [0.2, 0.25) is 5.02 Å². The highest BCUT2D eigenvalue weighted by molar-refractivity contribution is 6.30. The summed E-state index contributed by atoms with van der Waals surface area (Å²) >= 11 is 5.85. The molecule has 2 rings (SSSR count). The number of hydrogen-bond acceptors (Lipinski definition) is 3. The maximum atomic E-state index is 5.85. The number of benzene rings is 1. The van der Waals surface area contributed by atoms with Gasteiger partial charge in [-0.2, -0.15) is 0 Å². The van der Waals surface area contributed by atoms with Gasteiger partial charge in [0.15, 0.2) is 0 Å². The van der Waals surface area contributed by atoms with Crippen LogP contribution in [0.3, 0.4) is 0 Å². The normalized spacial score (nSPS) is 11.4. The second-order valence-electron chi connectivity index (χ2n) is 5.97. The van der Waals surface area contributed by atoms with Gasteiger partial charge in [0, 0.05) is 17.1 Å². The maximum absolute atomic E-state index is 5.85. The fraction of sp³-hybridized carbons (Fsp3) is 0.353. The molecule has 0 aliphatic heterocycles.